The molecule has 0 saturated heterocycles. The van der Waals surface area contributed by atoms with Crippen LogP contribution in [0.2, 0.25) is 0 Å². The number of tetrazole rings is 1. The maximum absolute atomic E-state index is 13.2. The number of carbonyl (C=O) groups is 1. The molecule has 0 bridgehead atoms. The van der Waals surface area contributed by atoms with Gasteiger partial charge in [0.25, 0.3) is 5.91 Å². The minimum atomic E-state index is -0.753. The van der Waals surface area contributed by atoms with Crippen LogP contribution in [0.25, 0.3) is 0 Å². The summed E-state index contributed by atoms with van der Waals surface area (Å²) in [5, 5.41) is 16.9. The van der Waals surface area contributed by atoms with Gasteiger partial charge in [-0.3, -0.25) is 10.2 Å². The van der Waals surface area contributed by atoms with Crippen molar-refractivity contribution in [3.63, 3.8) is 0 Å². The Morgan fingerprint density at radius 1 is 1.31 bits per heavy atom. The highest BCUT2D eigenvalue weighted by Crippen LogP contribution is 2.35. The molecule has 2 aromatic rings. The Morgan fingerprint density at radius 3 is 2.65 bits per heavy atom. The Bertz CT molecular complexity index is 802. The number of amides is 1. The smallest absolute Gasteiger partial charge is 0.266 e. The van der Waals surface area contributed by atoms with E-state index in [1.807, 2.05) is 44.2 Å². The van der Waals surface area contributed by atoms with Gasteiger partial charge < -0.3 is 5.32 Å². The van der Waals surface area contributed by atoms with Crippen LogP contribution in [0.1, 0.15) is 46.0 Å². The predicted molar refractivity (Wildman–Crippen MR) is 102 cm³/mol. The van der Waals surface area contributed by atoms with Gasteiger partial charge in [-0.05, 0) is 61.0 Å². The number of aromatic nitrogens is 4. The highest BCUT2D eigenvalue weighted by Gasteiger charge is 2.47. The molecule has 1 unspecified atom stereocenters. The number of fused-ring (bicyclic) bond motifs is 1. The van der Waals surface area contributed by atoms with E-state index in [2.05, 4.69) is 40.1 Å². The number of para-hydroxylation sites is 1. The lowest BCUT2D eigenvalue weighted by Crippen LogP contribution is -2.62. The van der Waals surface area contributed by atoms with Gasteiger partial charge in [-0.25, -0.2) is 9.69 Å². The van der Waals surface area contributed by atoms with Crippen LogP contribution in [-0.2, 0) is 10.3 Å². The fourth-order valence-corrected chi connectivity index (χ4v) is 3.27. The number of hydrogen-bond donors (Lipinski definition) is 2. The van der Waals surface area contributed by atoms with Gasteiger partial charge in [0.2, 0.25) is 0 Å². The van der Waals surface area contributed by atoms with Crippen LogP contribution in [0.5, 0.6) is 0 Å². The zero-order valence-electron chi connectivity index (χ0n) is 15.3. The first-order chi connectivity index (χ1) is 12.3. The van der Waals surface area contributed by atoms with Crippen molar-refractivity contribution < 1.29 is 4.79 Å². The monoisotopic (exact) mass is 373 g/mol. The summed E-state index contributed by atoms with van der Waals surface area (Å²) in [5.74, 6) is 0.830. The first-order valence-electron chi connectivity index (χ1n) is 8.56. The highest BCUT2D eigenvalue weighted by atomic mass is 32.1. The van der Waals surface area contributed by atoms with Crippen molar-refractivity contribution in [3.05, 3.63) is 36.2 Å². The maximum Gasteiger partial charge on any atom is 0.266 e. The number of benzene rings is 1. The van der Waals surface area contributed by atoms with Crippen LogP contribution in [0.4, 0.5) is 5.69 Å². The van der Waals surface area contributed by atoms with Crippen LogP contribution in [0, 0.1) is 5.92 Å². The molecule has 3 rings (SSSR count). The van der Waals surface area contributed by atoms with Gasteiger partial charge in [0.1, 0.15) is 11.6 Å². The summed E-state index contributed by atoms with van der Waals surface area (Å²) in [6, 6.07) is 9.09. The van der Waals surface area contributed by atoms with Crippen LogP contribution < -0.4 is 10.7 Å². The summed E-state index contributed by atoms with van der Waals surface area (Å²) in [6.07, 6.45) is 0.643. The Hall–Kier alpha value is -2.55. The molecule has 9 heteroatoms. The number of nitrogens with zero attached hydrogens (tertiary/aromatic N) is 5. The zero-order chi connectivity index (χ0) is 18.9. The summed E-state index contributed by atoms with van der Waals surface area (Å²) in [4.78, 5) is 13.2. The second kappa shape index (κ2) is 6.99. The molecule has 138 valence electrons. The number of hydrazine groups is 1. The van der Waals surface area contributed by atoms with E-state index in [4.69, 9.17) is 12.2 Å². The number of thiocarbonyl (C=S) groups is 1. The SMILES string of the molecule is CC(C)CC1C(=O)N(NC(=S)Nc2ccccc2)C(C)(C)c2nnnn21. The molecular formula is C17H23N7OS. The fourth-order valence-electron chi connectivity index (χ4n) is 3.06. The van der Waals surface area contributed by atoms with Gasteiger partial charge in [0, 0.05) is 5.69 Å². The number of rotatable bonds is 4. The standard InChI is InChI=1S/C17H23N7OS/c1-11(2)10-13-14(25)24(17(3,4)15-19-21-22-23(13)15)20-16(26)18-12-8-6-5-7-9-12/h5-9,11,13H,10H2,1-4H3,(H2,18,20,26). The van der Waals surface area contributed by atoms with Crippen LogP contribution in [-0.4, -0.2) is 36.2 Å². The Labute approximate surface area is 157 Å². The molecule has 2 N–H and O–H groups in total. The van der Waals surface area contributed by atoms with Crippen molar-refractivity contribution >= 4 is 28.9 Å². The molecule has 8 nitrogen and oxygen atoms in total. The molecule has 0 aliphatic carbocycles. The first-order valence-corrected chi connectivity index (χ1v) is 8.96. The van der Waals surface area contributed by atoms with E-state index >= 15 is 0 Å². The lowest BCUT2D eigenvalue weighted by molar-refractivity contribution is -0.148. The molecule has 0 radical (unpaired) electrons. The van der Waals surface area contributed by atoms with Crippen LogP contribution in [0.3, 0.4) is 0 Å². The molecule has 2 heterocycles. The van der Waals surface area contributed by atoms with E-state index in [1.54, 1.807) is 4.68 Å². The van der Waals surface area contributed by atoms with Crippen LogP contribution >= 0.6 is 12.2 Å². The van der Waals surface area contributed by atoms with Crippen molar-refractivity contribution in [2.75, 3.05) is 5.32 Å². The van der Waals surface area contributed by atoms with E-state index in [9.17, 15) is 4.79 Å². The van der Waals surface area contributed by atoms with Gasteiger partial charge in [-0.1, -0.05) is 32.0 Å². The normalized spacial score (nSPS) is 18.6. The molecule has 1 aromatic heterocycles. The minimum Gasteiger partial charge on any atom is -0.331 e. The summed E-state index contributed by atoms with van der Waals surface area (Å²) in [6.45, 7) is 7.90. The largest absolute Gasteiger partial charge is 0.331 e. The molecule has 1 aliphatic rings. The van der Waals surface area contributed by atoms with Gasteiger partial charge >= 0.3 is 0 Å². The zero-order valence-corrected chi connectivity index (χ0v) is 16.1. The Balaban J connectivity index is 1.86. The second-order valence-electron chi connectivity index (χ2n) is 7.26. The Kier molecular flexibility index (Phi) is 4.90. The number of anilines is 1. The van der Waals surface area contributed by atoms with E-state index in [1.165, 1.54) is 5.01 Å². The summed E-state index contributed by atoms with van der Waals surface area (Å²) < 4.78 is 1.63. The maximum atomic E-state index is 13.2. The summed E-state index contributed by atoms with van der Waals surface area (Å²) >= 11 is 5.40. The second-order valence-corrected chi connectivity index (χ2v) is 7.67. The topological polar surface area (TPSA) is 88.0 Å². The molecule has 26 heavy (non-hydrogen) atoms. The summed E-state index contributed by atoms with van der Waals surface area (Å²) in [7, 11) is 0. The van der Waals surface area contributed by atoms with Crippen molar-refractivity contribution in [1.82, 2.24) is 30.6 Å². The van der Waals surface area contributed by atoms with E-state index < -0.39 is 11.6 Å². The summed E-state index contributed by atoms with van der Waals surface area (Å²) in [5.41, 5.74) is 3.13. The fraction of sp³-hybridized carbons (Fsp3) is 0.471. The minimum absolute atomic E-state index is 0.110. The molecule has 0 fully saturated rings. The van der Waals surface area contributed by atoms with Crippen molar-refractivity contribution in [2.24, 2.45) is 5.92 Å². The molecular weight excluding hydrogens is 350 g/mol. The number of nitrogens with one attached hydrogen (secondary N) is 2. The van der Waals surface area contributed by atoms with Gasteiger partial charge in [-0.15, -0.1) is 5.10 Å². The predicted octanol–water partition coefficient (Wildman–Crippen LogP) is 2.24. The van der Waals surface area contributed by atoms with Gasteiger partial charge in [-0.2, -0.15) is 0 Å². The third-order valence-corrected chi connectivity index (χ3v) is 4.53. The average molecular weight is 373 g/mol. The number of carbonyl (C=O) groups excluding carboxylic acids is 1. The first kappa shape index (κ1) is 18.2. The van der Waals surface area contributed by atoms with E-state index in [0.717, 1.165) is 5.69 Å². The molecule has 1 aromatic carbocycles. The molecule has 0 saturated carbocycles. The quantitative estimate of drug-likeness (QED) is 0.795. The molecule has 1 atom stereocenters. The third kappa shape index (κ3) is 3.39. The van der Waals surface area contributed by atoms with Crippen molar-refractivity contribution in [3.8, 4) is 0 Å². The highest BCUT2D eigenvalue weighted by molar-refractivity contribution is 7.80. The van der Waals surface area contributed by atoms with Crippen LogP contribution in [0.15, 0.2) is 30.3 Å². The molecule has 1 amide bonds. The van der Waals surface area contributed by atoms with Crippen molar-refractivity contribution in [1.29, 1.82) is 0 Å². The third-order valence-electron chi connectivity index (χ3n) is 4.34. The van der Waals surface area contributed by atoms with Crippen molar-refractivity contribution in [2.45, 2.75) is 45.7 Å². The average Bonchev–Trinajstić information content (AvgIpc) is 3.07. The Morgan fingerprint density at radius 2 is 2.00 bits per heavy atom. The van der Waals surface area contributed by atoms with E-state index in [0.29, 0.717) is 23.3 Å². The molecule has 0 spiro atoms. The van der Waals surface area contributed by atoms with Gasteiger partial charge in [0.15, 0.2) is 10.9 Å². The van der Waals surface area contributed by atoms with E-state index in [-0.39, 0.29) is 5.91 Å². The number of hydrogen-bond acceptors (Lipinski definition) is 5. The lowest BCUT2D eigenvalue weighted by atomic mass is 9.94. The molecule has 1 aliphatic heterocycles. The lowest BCUT2D eigenvalue weighted by Gasteiger charge is -2.43. The van der Waals surface area contributed by atoms with Gasteiger partial charge in [0.05, 0.1) is 0 Å².